The summed E-state index contributed by atoms with van der Waals surface area (Å²) in [6.07, 6.45) is 4.74. The fourth-order valence-electron chi connectivity index (χ4n) is 2.07. The van der Waals surface area contributed by atoms with Gasteiger partial charge in [-0.3, -0.25) is 9.59 Å². The summed E-state index contributed by atoms with van der Waals surface area (Å²) >= 11 is 0. The van der Waals surface area contributed by atoms with E-state index in [1.165, 1.54) is 12.3 Å². The van der Waals surface area contributed by atoms with Crippen molar-refractivity contribution in [1.29, 1.82) is 0 Å². The van der Waals surface area contributed by atoms with Gasteiger partial charge in [0.1, 0.15) is 0 Å². The zero-order valence-electron chi connectivity index (χ0n) is 12.1. The number of hydrogen-bond donors (Lipinski definition) is 3. The first-order chi connectivity index (χ1) is 11.2. The zero-order valence-corrected chi connectivity index (χ0v) is 12.1. The van der Waals surface area contributed by atoms with Gasteiger partial charge in [-0.25, -0.2) is 5.43 Å². The monoisotopic (exact) mass is 310 g/mol. The molecule has 23 heavy (non-hydrogen) atoms. The highest BCUT2D eigenvalue weighted by atomic mass is 16.3. The summed E-state index contributed by atoms with van der Waals surface area (Å²) in [5.41, 5.74) is 4.21. The van der Waals surface area contributed by atoms with Crippen molar-refractivity contribution >= 4 is 28.9 Å². The van der Waals surface area contributed by atoms with E-state index in [1.54, 1.807) is 18.5 Å². The molecular formula is C16H14N4O3. The lowest BCUT2D eigenvalue weighted by Crippen LogP contribution is -2.34. The first-order valence-electron chi connectivity index (χ1n) is 6.94. The van der Waals surface area contributed by atoms with Gasteiger partial charge in [0.15, 0.2) is 5.76 Å². The third-order valence-corrected chi connectivity index (χ3v) is 3.17. The van der Waals surface area contributed by atoms with Crippen molar-refractivity contribution < 1.29 is 14.0 Å². The van der Waals surface area contributed by atoms with Gasteiger partial charge in [-0.15, -0.1) is 0 Å². The molecule has 3 rings (SSSR count). The molecule has 0 fully saturated rings. The number of benzene rings is 1. The molecule has 7 nitrogen and oxygen atoms in total. The molecule has 1 aromatic carbocycles. The number of rotatable bonds is 5. The van der Waals surface area contributed by atoms with E-state index >= 15 is 0 Å². The van der Waals surface area contributed by atoms with Gasteiger partial charge < -0.3 is 14.7 Å². The standard InChI is InChI=1S/C16H14N4O3/c21-15(10-18-16(22)14-6-3-7-23-14)20-19-9-11-8-17-13-5-2-1-4-12(11)13/h1-9,17H,10H2,(H,18,22)(H,20,21)/b19-9-. The Hall–Kier alpha value is -3.35. The van der Waals surface area contributed by atoms with Gasteiger partial charge in [0.2, 0.25) is 0 Å². The molecule has 2 heterocycles. The molecule has 7 heteroatoms. The molecule has 0 aliphatic rings. The van der Waals surface area contributed by atoms with Crippen molar-refractivity contribution in [1.82, 2.24) is 15.7 Å². The maximum absolute atomic E-state index is 11.6. The van der Waals surface area contributed by atoms with Gasteiger partial charge in [-0.1, -0.05) is 18.2 Å². The quantitative estimate of drug-likeness (QED) is 0.493. The van der Waals surface area contributed by atoms with Crippen molar-refractivity contribution in [2.75, 3.05) is 6.54 Å². The van der Waals surface area contributed by atoms with Crippen LogP contribution in [-0.2, 0) is 4.79 Å². The van der Waals surface area contributed by atoms with Gasteiger partial charge in [-0.05, 0) is 18.2 Å². The Kier molecular flexibility index (Phi) is 4.19. The van der Waals surface area contributed by atoms with Crippen LogP contribution in [0.15, 0.2) is 58.4 Å². The van der Waals surface area contributed by atoms with Crippen LogP contribution in [0.3, 0.4) is 0 Å². The van der Waals surface area contributed by atoms with Crippen LogP contribution in [0.1, 0.15) is 16.1 Å². The highest BCUT2D eigenvalue weighted by molar-refractivity contribution is 5.99. The van der Waals surface area contributed by atoms with E-state index in [0.717, 1.165) is 16.5 Å². The summed E-state index contributed by atoms with van der Waals surface area (Å²) in [5.74, 6) is -0.730. The van der Waals surface area contributed by atoms with E-state index < -0.39 is 11.8 Å². The van der Waals surface area contributed by atoms with Crippen molar-refractivity contribution in [2.24, 2.45) is 5.10 Å². The average Bonchev–Trinajstić information content (AvgIpc) is 3.23. The lowest BCUT2D eigenvalue weighted by molar-refractivity contribution is -0.120. The normalized spacial score (nSPS) is 11.0. The summed E-state index contributed by atoms with van der Waals surface area (Å²) in [7, 11) is 0. The predicted octanol–water partition coefficient (Wildman–Crippen LogP) is 1.64. The summed E-state index contributed by atoms with van der Waals surface area (Å²) in [6, 6.07) is 10.9. The first-order valence-corrected chi connectivity index (χ1v) is 6.94. The molecule has 0 aliphatic carbocycles. The summed E-state index contributed by atoms with van der Waals surface area (Å²) < 4.78 is 4.92. The number of hydrazone groups is 1. The molecule has 2 aromatic heterocycles. The number of carbonyl (C=O) groups is 2. The SMILES string of the molecule is O=C(CNC(=O)c1ccco1)N/N=C\c1c[nH]c2ccccc12. The highest BCUT2D eigenvalue weighted by Crippen LogP contribution is 2.15. The van der Waals surface area contributed by atoms with E-state index in [0.29, 0.717) is 0 Å². The van der Waals surface area contributed by atoms with Crippen molar-refractivity contribution in [3.8, 4) is 0 Å². The number of furan rings is 1. The fraction of sp³-hybridized carbons (Fsp3) is 0.0625. The maximum Gasteiger partial charge on any atom is 0.287 e. The molecule has 116 valence electrons. The number of fused-ring (bicyclic) bond motifs is 1. The van der Waals surface area contributed by atoms with Crippen molar-refractivity contribution in [3.05, 3.63) is 60.2 Å². The molecule has 0 unspecified atom stereocenters. The van der Waals surface area contributed by atoms with Crippen LogP contribution in [0.4, 0.5) is 0 Å². The van der Waals surface area contributed by atoms with Crippen LogP contribution < -0.4 is 10.7 Å². The van der Waals surface area contributed by atoms with Gasteiger partial charge >= 0.3 is 0 Å². The number of nitrogens with zero attached hydrogens (tertiary/aromatic N) is 1. The van der Waals surface area contributed by atoms with Crippen molar-refractivity contribution in [3.63, 3.8) is 0 Å². The number of H-pyrrole nitrogens is 1. The average molecular weight is 310 g/mol. The third-order valence-electron chi connectivity index (χ3n) is 3.17. The minimum Gasteiger partial charge on any atom is -0.459 e. The minimum absolute atomic E-state index is 0.153. The molecule has 0 spiro atoms. The molecule has 0 atom stereocenters. The Morgan fingerprint density at radius 1 is 1.22 bits per heavy atom. The smallest absolute Gasteiger partial charge is 0.287 e. The molecule has 0 aliphatic heterocycles. The molecule has 3 aromatic rings. The van der Waals surface area contributed by atoms with Crippen LogP contribution in [0, 0.1) is 0 Å². The first kappa shape index (κ1) is 14.6. The van der Waals surface area contributed by atoms with Crippen molar-refractivity contribution in [2.45, 2.75) is 0 Å². The molecule has 0 radical (unpaired) electrons. The summed E-state index contributed by atoms with van der Waals surface area (Å²) in [4.78, 5) is 26.3. The fourth-order valence-corrected chi connectivity index (χ4v) is 2.07. The Morgan fingerprint density at radius 3 is 2.91 bits per heavy atom. The number of aromatic nitrogens is 1. The number of nitrogens with one attached hydrogen (secondary N) is 3. The molecule has 0 saturated carbocycles. The number of amides is 2. The maximum atomic E-state index is 11.6. The van der Waals surface area contributed by atoms with E-state index in [4.69, 9.17) is 4.42 Å². The van der Waals surface area contributed by atoms with E-state index in [9.17, 15) is 9.59 Å². The summed E-state index contributed by atoms with van der Waals surface area (Å²) in [6.45, 7) is -0.190. The van der Waals surface area contributed by atoms with Crippen LogP contribution >= 0.6 is 0 Å². The zero-order chi connectivity index (χ0) is 16.1. The second-order valence-corrected chi connectivity index (χ2v) is 4.74. The van der Waals surface area contributed by atoms with Crippen LogP contribution in [0.25, 0.3) is 10.9 Å². The van der Waals surface area contributed by atoms with E-state index in [2.05, 4.69) is 20.8 Å². The Bertz CT molecular complexity index is 849. The van der Waals surface area contributed by atoms with Crippen LogP contribution in [-0.4, -0.2) is 29.6 Å². The molecular weight excluding hydrogens is 296 g/mol. The number of carbonyl (C=O) groups excluding carboxylic acids is 2. The molecule has 0 bridgehead atoms. The topological polar surface area (TPSA) is 99.5 Å². The number of para-hydroxylation sites is 1. The Morgan fingerprint density at radius 2 is 2.09 bits per heavy atom. The second-order valence-electron chi connectivity index (χ2n) is 4.74. The van der Waals surface area contributed by atoms with Gasteiger partial charge in [0.05, 0.1) is 19.0 Å². The largest absolute Gasteiger partial charge is 0.459 e. The minimum atomic E-state index is -0.453. The summed E-state index contributed by atoms with van der Waals surface area (Å²) in [5, 5.41) is 7.33. The number of aromatic amines is 1. The van der Waals surface area contributed by atoms with Crippen LogP contribution in [0.5, 0.6) is 0 Å². The molecule has 3 N–H and O–H groups in total. The second kappa shape index (κ2) is 6.61. The predicted molar refractivity (Wildman–Crippen MR) is 85.1 cm³/mol. The van der Waals surface area contributed by atoms with Gasteiger partial charge in [0, 0.05) is 22.7 Å². The van der Waals surface area contributed by atoms with Gasteiger partial charge in [0.25, 0.3) is 11.8 Å². The Balaban J connectivity index is 1.51. The lowest BCUT2D eigenvalue weighted by Gasteiger charge is -2.01. The van der Waals surface area contributed by atoms with E-state index in [-0.39, 0.29) is 12.3 Å². The molecule has 2 amide bonds. The highest BCUT2D eigenvalue weighted by Gasteiger charge is 2.09. The third kappa shape index (κ3) is 3.46. The van der Waals surface area contributed by atoms with Gasteiger partial charge in [-0.2, -0.15) is 5.10 Å². The van der Waals surface area contributed by atoms with Crippen LogP contribution in [0.2, 0.25) is 0 Å². The number of hydrogen-bond acceptors (Lipinski definition) is 4. The lowest BCUT2D eigenvalue weighted by atomic mass is 10.2. The molecule has 0 saturated heterocycles. The van der Waals surface area contributed by atoms with E-state index in [1.807, 2.05) is 24.3 Å². The Labute approximate surface area is 131 Å².